The molecule has 1 aliphatic heterocycles. The van der Waals surface area contributed by atoms with Gasteiger partial charge in [-0.15, -0.1) is 0 Å². The van der Waals surface area contributed by atoms with Crippen LogP contribution >= 0.6 is 0 Å². The van der Waals surface area contributed by atoms with Crippen molar-refractivity contribution in [2.75, 3.05) is 11.6 Å². The monoisotopic (exact) mass is 336 g/mol. The van der Waals surface area contributed by atoms with Crippen LogP contribution in [0, 0.1) is 5.92 Å². The van der Waals surface area contributed by atoms with Crippen molar-refractivity contribution in [2.45, 2.75) is 49.9 Å². The van der Waals surface area contributed by atoms with Crippen molar-refractivity contribution in [3.05, 3.63) is 29.8 Å². The molecule has 0 radical (unpaired) electrons. The Morgan fingerprint density at radius 1 is 1.30 bits per heavy atom. The van der Waals surface area contributed by atoms with E-state index >= 15 is 0 Å². The maximum atomic E-state index is 12.5. The number of fused-ring (bicyclic) bond motifs is 1. The Bertz CT molecular complexity index is 673. The third kappa shape index (κ3) is 4.32. The first kappa shape index (κ1) is 16.5. The number of carbonyl (C=O) groups is 1. The molecule has 6 heteroatoms. The van der Waals surface area contributed by atoms with Gasteiger partial charge in [-0.05, 0) is 42.9 Å². The summed E-state index contributed by atoms with van der Waals surface area (Å²) in [5.74, 6) is 0.592. The fraction of sp³-hybridized carbons (Fsp3) is 0.588. The number of rotatable bonds is 4. The van der Waals surface area contributed by atoms with Gasteiger partial charge in [0.2, 0.25) is 5.91 Å². The molecule has 1 saturated carbocycles. The topological polar surface area (TPSA) is 75.3 Å². The van der Waals surface area contributed by atoms with Crippen molar-refractivity contribution in [2.24, 2.45) is 5.92 Å². The molecule has 3 atom stereocenters. The molecule has 0 bridgehead atoms. The molecule has 2 aliphatic rings. The lowest BCUT2D eigenvalue weighted by Crippen LogP contribution is -2.39. The minimum atomic E-state index is -3.08. The molecule has 126 valence electrons. The van der Waals surface area contributed by atoms with Gasteiger partial charge in [-0.2, -0.15) is 0 Å². The van der Waals surface area contributed by atoms with Crippen LogP contribution < -0.4 is 10.6 Å². The fourth-order valence-electron chi connectivity index (χ4n) is 3.79. The molecule has 0 aromatic heterocycles. The standard InChI is InChI=1S/C17H24N2O3S/c1-23(21,22)11-12-5-4-7-14(9-12)18-17(20)16-10-13-6-2-3-8-15(13)19-16/h4-5,7,9,13,15-16,19H,2-3,6,8,10-11H2,1H3,(H,18,20). The number of benzene rings is 1. The lowest BCUT2D eigenvalue weighted by atomic mass is 9.85. The Labute approximate surface area is 137 Å². The Morgan fingerprint density at radius 2 is 2.09 bits per heavy atom. The molecular formula is C17H24N2O3S. The second kappa shape index (κ2) is 6.61. The summed E-state index contributed by atoms with van der Waals surface area (Å²) in [6.45, 7) is 0. The van der Waals surface area contributed by atoms with Crippen LogP contribution in [-0.2, 0) is 20.4 Å². The number of sulfone groups is 1. The van der Waals surface area contributed by atoms with Crippen LogP contribution in [0.4, 0.5) is 5.69 Å². The minimum absolute atomic E-state index is 0.0114. The van der Waals surface area contributed by atoms with Gasteiger partial charge in [0.25, 0.3) is 0 Å². The zero-order valence-corrected chi connectivity index (χ0v) is 14.2. The van der Waals surface area contributed by atoms with E-state index in [2.05, 4.69) is 10.6 Å². The molecule has 23 heavy (non-hydrogen) atoms. The van der Waals surface area contributed by atoms with Gasteiger partial charge in [0, 0.05) is 18.0 Å². The second-order valence-corrected chi connectivity index (χ2v) is 9.01. The first-order chi connectivity index (χ1) is 10.9. The maximum absolute atomic E-state index is 12.5. The van der Waals surface area contributed by atoms with Crippen LogP contribution in [0.1, 0.15) is 37.7 Å². The van der Waals surface area contributed by atoms with E-state index in [0.29, 0.717) is 23.2 Å². The Hall–Kier alpha value is -1.40. The SMILES string of the molecule is CS(=O)(=O)Cc1cccc(NC(=O)C2CC3CCCCC3N2)c1. The zero-order chi connectivity index (χ0) is 16.4. The van der Waals surface area contributed by atoms with E-state index in [1.54, 1.807) is 24.3 Å². The van der Waals surface area contributed by atoms with Crippen LogP contribution in [0.5, 0.6) is 0 Å². The first-order valence-corrected chi connectivity index (χ1v) is 10.3. The van der Waals surface area contributed by atoms with E-state index in [9.17, 15) is 13.2 Å². The molecule has 5 nitrogen and oxygen atoms in total. The largest absolute Gasteiger partial charge is 0.325 e. The summed E-state index contributed by atoms with van der Waals surface area (Å²) in [5.41, 5.74) is 1.35. The van der Waals surface area contributed by atoms with Gasteiger partial charge < -0.3 is 10.6 Å². The number of hydrogen-bond donors (Lipinski definition) is 2. The van der Waals surface area contributed by atoms with Gasteiger partial charge >= 0.3 is 0 Å². The molecule has 1 aliphatic carbocycles. The summed E-state index contributed by atoms with van der Waals surface area (Å²) in [4.78, 5) is 12.5. The summed E-state index contributed by atoms with van der Waals surface area (Å²) < 4.78 is 22.8. The number of anilines is 1. The highest BCUT2D eigenvalue weighted by Crippen LogP contribution is 2.33. The van der Waals surface area contributed by atoms with Crippen LogP contribution in [0.15, 0.2) is 24.3 Å². The molecule has 3 unspecified atom stereocenters. The minimum Gasteiger partial charge on any atom is -0.325 e. The molecule has 3 rings (SSSR count). The first-order valence-electron chi connectivity index (χ1n) is 8.24. The van der Waals surface area contributed by atoms with E-state index in [-0.39, 0.29) is 17.7 Å². The molecule has 1 amide bonds. The quantitative estimate of drug-likeness (QED) is 0.883. The van der Waals surface area contributed by atoms with Crippen LogP contribution in [-0.4, -0.2) is 32.7 Å². The normalized spacial score (nSPS) is 27.4. The molecule has 1 heterocycles. The lowest BCUT2D eigenvalue weighted by Gasteiger charge is -2.24. The van der Waals surface area contributed by atoms with E-state index in [4.69, 9.17) is 0 Å². The van der Waals surface area contributed by atoms with Crippen LogP contribution in [0.3, 0.4) is 0 Å². The molecule has 2 fully saturated rings. The van der Waals surface area contributed by atoms with Crippen molar-refractivity contribution < 1.29 is 13.2 Å². The Balaban J connectivity index is 1.63. The Morgan fingerprint density at radius 3 is 2.83 bits per heavy atom. The van der Waals surface area contributed by atoms with Crippen molar-refractivity contribution in [1.29, 1.82) is 0 Å². The van der Waals surface area contributed by atoms with E-state index in [1.807, 2.05) is 0 Å². The van der Waals surface area contributed by atoms with Gasteiger partial charge in [-0.1, -0.05) is 25.0 Å². The van der Waals surface area contributed by atoms with E-state index in [1.165, 1.54) is 25.5 Å². The predicted octanol–water partition coefficient (Wildman–Crippen LogP) is 2.09. The van der Waals surface area contributed by atoms with Gasteiger partial charge in [-0.25, -0.2) is 8.42 Å². The van der Waals surface area contributed by atoms with Gasteiger partial charge in [-0.3, -0.25) is 4.79 Å². The predicted molar refractivity (Wildman–Crippen MR) is 90.9 cm³/mol. The van der Waals surface area contributed by atoms with E-state index in [0.717, 1.165) is 12.8 Å². The summed E-state index contributed by atoms with van der Waals surface area (Å²) in [6, 6.07) is 7.42. The molecule has 1 saturated heterocycles. The fourth-order valence-corrected chi connectivity index (χ4v) is 4.58. The third-order valence-corrected chi connectivity index (χ3v) is 5.66. The van der Waals surface area contributed by atoms with Crippen molar-refractivity contribution in [1.82, 2.24) is 5.32 Å². The second-order valence-electron chi connectivity index (χ2n) is 6.87. The number of amides is 1. The van der Waals surface area contributed by atoms with Crippen molar-refractivity contribution in [3.8, 4) is 0 Å². The van der Waals surface area contributed by atoms with Gasteiger partial charge in [0.15, 0.2) is 9.84 Å². The summed E-state index contributed by atoms with van der Waals surface area (Å²) in [6.07, 6.45) is 7.01. The third-order valence-electron chi connectivity index (χ3n) is 4.80. The summed E-state index contributed by atoms with van der Waals surface area (Å²) >= 11 is 0. The smallest absolute Gasteiger partial charge is 0.241 e. The molecule has 2 N–H and O–H groups in total. The molecule has 1 aromatic carbocycles. The van der Waals surface area contributed by atoms with Gasteiger partial charge in [0.1, 0.15) is 0 Å². The molecule has 0 spiro atoms. The highest BCUT2D eigenvalue weighted by atomic mass is 32.2. The van der Waals surface area contributed by atoms with Crippen molar-refractivity contribution in [3.63, 3.8) is 0 Å². The maximum Gasteiger partial charge on any atom is 0.241 e. The highest BCUT2D eigenvalue weighted by molar-refractivity contribution is 7.89. The lowest BCUT2D eigenvalue weighted by molar-refractivity contribution is -0.117. The van der Waals surface area contributed by atoms with Crippen LogP contribution in [0.2, 0.25) is 0 Å². The van der Waals surface area contributed by atoms with Crippen molar-refractivity contribution >= 4 is 21.4 Å². The highest BCUT2D eigenvalue weighted by Gasteiger charge is 2.38. The van der Waals surface area contributed by atoms with E-state index < -0.39 is 9.84 Å². The summed E-state index contributed by atoms with van der Waals surface area (Å²) in [5, 5.41) is 6.38. The number of nitrogens with one attached hydrogen (secondary N) is 2. The zero-order valence-electron chi connectivity index (χ0n) is 13.4. The number of carbonyl (C=O) groups excluding carboxylic acids is 1. The number of hydrogen-bond acceptors (Lipinski definition) is 4. The average Bonchev–Trinajstić information content (AvgIpc) is 2.90. The van der Waals surface area contributed by atoms with Crippen LogP contribution in [0.25, 0.3) is 0 Å². The molecule has 1 aromatic rings. The average molecular weight is 336 g/mol. The Kier molecular flexibility index (Phi) is 4.73. The molecular weight excluding hydrogens is 312 g/mol. The summed E-state index contributed by atoms with van der Waals surface area (Å²) in [7, 11) is -3.08. The van der Waals surface area contributed by atoms with Gasteiger partial charge in [0.05, 0.1) is 11.8 Å².